The molecule has 5 heteroatoms. The van der Waals surface area contributed by atoms with Gasteiger partial charge in [-0.1, -0.05) is 25.0 Å². The van der Waals surface area contributed by atoms with Gasteiger partial charge in [0.1, 0.15) is 5.75 Å². The van der Waals surface area contributed by atoms with Gasteiger partial charge in [0.2, 0.25) is 0 Å². The molecule has 5 nitrogen and oxygen atoms in total. The smallest absolute Gasteiger partial charge is 0.410 e. The summed E-state index contributed by atoms with van der Waals surface area (Å²) in [7, 11) is 3.05. The number of aliphatic hydroxyl groups is 1. The molecule has 0 aromatic heterocycles. The van der Waals surface area contributed by atoms with E-state index in [9.17, 15) is 9.90 Å². The molecule has 1 aromatic rings. The van der Waals surface area contributed by atoms with Gasteiger partial charge < -0.3 is 19.5 Å². The standard InChI is InChI=1S/C18H25NO4/c1-22-14-8-6-13(7-9-14)16-15-5-3-4-10-18(15,21)11-12-19(16)17(20)23-2/h6-9,15-16,21H,3-5,10-12H2,1-2H3/t15-,16+,18+/m1/s1. The molecule has 3 rings (SSSR count). The number of methoxy groups -OCH3 is 2. The van der Waals surface area contributed by atoms with Gasteiger partial charge in [-0.2, -0.15) is 0 Å². The largest absolute Gasteiger partial charge is 0.497 e. The molecule has 3 atom stereocenters. The lowest BCUT2D eigenvalue weighted by atomic mass is 9.66. The molecule has 0 unspecified atom stereocenters. The lowest BCUT2D eigenvalue weighted by molar-refractivity contribution is -0.117. The highest BCUT2D eigenvalue weighted by Gasteiger charge is 2.50. The fourth-order valence-electron chi connectivity index (χ4n) is 4.22. The summed E-state index contributed by atoms with van der Waals surface area (Å²) in [4.78, 5) is 14.0. The second kappa shape index (κ2) is 6.40. The molecule has 1 aliphatic carbocycles. The highest BCUT2D eigenvalue weighted by atomic mass is 16.5. The van der Waals surface area contributed by atoms with Crippen LogP contribution in [0.2, 0.25) is 0 Å². The average molecular weight is 319 g/mol. The maximum Gasteiger partial charge on any atom is 0.410 e. The Morgan fingerprint density at radius 3 is 2.61 bits per heavy atom. The van der Waals surface area contributed by atoms with Crippen molar-refractivity contribution >= 4 is 6.09 Å². The Balaban J connectivity index is 1.98. The van der Waals surface area contributed by atoms with Crippen LogP contribution in [0.5, 0.6) is 5.75 Å². The van der Waals surface area contributed by atoms with Crippen LogP contribution in [0.4, 0.5) is 4.79 Å². The molecule has 1 amide bonds. The molecule has 0 bridgehead atoms. The fourth-order valence-corrected chi connectivity index (χ4v) is 4.22. The second-order valence-corrected chi connectivity index (χ2v) is 6.59. The van der Waals surface area contributed by atoms with Crippen molar-refractivity contribution in [3.8, 4) is 5.75 Å². The molecule has 1 aromatic carbocycles. The average Bonchev–Trinajstić information content (AvgIpc) is 2.59. The minimum Gasteiger partial charge on any atom is -0.497 e. The topological polar surface area (TPSA) is 59.0 Å². The number of carbonyl (C=O) groups excluding carboxylic acids is 1. The van der Waals surface area contributed by atoms with Crippen molar-refractivity contribution in [1.29, 1.82) is 0 Å². The summed E-state index contributed by atoms with van der Waals surface area (Å²) in [5, 5.41) is 11.1. The van der Waals surface area contributed by atoms with Crippen LogP contribution >= 0.6 is 0 Å². The monoisotopic (exact) mass is 319 g/mol. The van der Waals surface area contributed by atoms with Crippen molar-refractivity contribution in [3.63, 3.8) is 0 Å². The van der Waals surface area contributed by atoms with Crippen molar-refractivity contribution in [2.75, 3.05) is 20.8 Å². The fraction of sp³-hybridized carbons (Fsp3) is 0.611. The predicted molar refractivity (Wildman–Crippen MR) is 86.4 cm³/mol. The van der Waals surface area contributed by atoms with Gasteiger partial charge in [-0.15, -0.1) is 0 Å². The lowest BCUT2D eigenvalue weighted by Crippen LogP contribution is -2.56. The second-order valence-electron chi connectivity index (χ2n) is 6.59. The van der Waals surface area contributed by atoms with E-state index in [0.29, 0.717) is 13.0 Å². The summed E-state index contributed by atoms with van der Waals surface area (Å²) >= 11 is 0. The van der Waals surface area contributed by atoms with Gasteiger partial charge in [-0.25, -0.2) is 4.79 Å². The van der Waals surface area contributed by atoms with Crippen molar-refractivity contribution < 1.29 is 19.4 Å². The molecule has 1 saturated heterocycles. The van der Waals surface area contributed by atoms with Gasteiger partial charge in [0.15, 0.2) is 0 Å². The van der Waals surface area contributed by atoms with E-state index in [-0.39, 0.29) is 18.1 Å². The van der Waals surface area contributed by atoms with Gasteiger partial charge in [-0.3, -0.25) is 0 Å². The number of benzene rings is 1. The van der Waals surface area contributed by atoms with E-state index < -0.39 is 5.60 Å². The molecular weight excluding hydrogens is 294 g/mol. The molecule has 1 aliphatic heterocycles. The third-order valence-corrected chi connectivity index (χ3v) is 5.43. The maximum atomic E-state index is 12.2. The first-order chi connectivity index (χ1) is 11.1. The number of fused-ring (bicyclic) bond motifs is 1. The molecule has 1 N–H and O–H groups in total. The summed E-state index contributed by atoms with van der Waals surface area (Å²) in [6.07, 6.45) is 4.20. The van der Waals surface area contributed by atoms with E-state index in [4.69, 9.17) is 9.47 Å². The number of amides is 1. The summed E-state index contributed by atoms with van der Waals surface area (Å²) in [5.74, 6) is 0.838. The van der Waals surface area contributed by atoms with Crippen LogP contribution in [-0.2, 0) is 4.74 Å². The Hall–Kier alpha value is -1.75. The van der Waals surface area contributed by atoms with Crippen molar-refractivity contribution in [2.24, 2.45) is 5.92 Å². The first-order valence-electron chi connectivity index (χ1n) is 8.30. The molecule has 0 radical (unpaired) electrons. The number of hydrogen-bond donors (Lipinski definition) is 1. The Labute approximate surface area is 137 Å². The molecule has 126 valence electrons. The highest BCUT2D eigenvalue weighted by molar-refractivity contribution is 5.68. The van der Waals surface area contributed by atoms with Gasteiger partial charge >= 0.3 is 6.09 Å². The number of piperidine rings is 1. The zero-order valence-electron chi connectivity index (χ0n) is 13.8. The summed E-state index contributed by atoms with van der Waals surface area (Å²) < 4.78 is 10.2. The number of hydrogen-bond acceptors (Lipinski definition) is 4. The van der Waals surface area contributed by atoms with Gasteiger partial charge in [0.25, 0.3) is 0 Å². The Bertz CT molecular complexity index is 559. The number of ether oxygens (including phenoxy) is 2. The van der Waals surface area contributed by atoms with E-state index in [1.54, 1.807) is 12.0 Å². The third kappa shape index (κ3) is 2.90. The maximum absolute atomic E-state index is 12.2. The normalized spacial score (nSPS) is 30.5. The molecule has 2 aliphatic rings. The molecule has 1 heterocycles. The Morgan fingerprint density at radius 2 is 1.96 bits per heavy atom. The van der Waals surface area contributed by atoms with Crippen LogP contribution in [0.3, 0.4) is 0 Å². The minimum atomic E-state index is -0.673. The summed E-state index contributed by atoms with van der Waals surface area (Å²) in [6.45, 7) is 0.524. The number of rotatable bonds is 2. The van der Waals surface area contributed by atoms with E-state index in [1.165, 1.54) is 7.11 Å². The molecule has 23 heavy (non-hydrogen) atoms. The van der Waals surface area contributed by atoms with E-state index >= 15 is 0 Å². The van der Waals surface area contributed by atoms with Crippen molar-refractivity contribution in [3.05, 3.63) is 29.8 Å². The van der Waals surface area contributed by atoms with Gasteiger partial charge in [0.05, 0.1) is 25.9 Å². The van der Waals surface area contributed by atoms with Crippen LogP contribution in [0.25, 0.3) is 0 Å². The summed E-state index contributed by atoms with van der Waals surface area (Å²) in [5.41, 5.74) is 0.356. The molecule has 0 spiro atoms. The number of likely N-dealkylation sites (tertiary alicyclic amines) is 1. The summed E-state index contributed by atoms with van der Waals surface area (Å²) in [6, 6.07) is 7.63. The van der Waals surface area contributed by atoms with Crippen LogP contribution in [-0.4, -0.2) is 42.5 Å². The van der Waals surface area contributed by atoms with E-state index in [1.807, 2.05) is 24.3 Å². The minimum absolute atomic E-state index is 0.0532. The quantitative estimate of drug-likeness (QED) is 0.910. The van der Waals surface area contributed by atoms with Gasteiger partial charge in [-0.05, 0) is 37.0 Å². The highest BCUT2D eigenvalue weighted by Crippen LogP contribution is 2.49. The van der Waals surface area contributed by atoms with Crippen molar-refractivity contribution in [2.45, 2.75) is 43.7 Å². The van der Waals surface area contributed by atoms with Crippen LogP contribution in [0, 0.1) is 5.92 Å². The molecule has 2 fully saturated rings. The Kier molecular flexibility index (Phi) is 4.48. The SMILES string of the molecule is COC(=O)N1CC[C@@]2(O)CCCC[C@@H]2[C@@H]1c1ccc(OC)cc1. The first-order valence-corrected chi connectivity index (χ1v) is 8.30. The zero-order chi connectivity index (χ0) is 16.4. The number of nitrogens with zero attached hydrogens (tertiary/aromatic N) is 1. The van der Waals surface area contributed by atoms with E-state index in [0.717, 1.165) is 37.0 Å². The molecule has 1 saturated carbocycles. The third-order valence-electron chi connectivity index (χ3n) is 5.43. The van der Waals surface area contributed by atoms with Crippen molar-refractivity contribution in [1.82, 2.24) is 4.90 Å². The Morgan fingerprint density at radius 1 is 1.22 bits per heavy atom. The van der Waals surface area contributed by atoms with Crippen LogP contribution in [0.15, 0.2) is 24.3 Å². The van der Waals surface area contributed by atoms with Crippen LogP contribution < -0.4 is 4.74 Å². The van der Waals surface area contributed by atoms with Gasteiger partial charge in [0, 0.05) is 12.5 Å². The first kappa shape index (κ1) is 16.1. The number of carbonyl (C=O) groups is 1. The predicted octanol–water partition coefficient (Wildman–Crippen LogP) is 3.13. The zero-order valence-corrected chi connectivity index (χ0v) is 13.8. The van der Waals surface area contributed by atoms with E-state index in [2.05, 4.69) is 0 Å². The lowest BCUT2D eigenvalue weighted by Gasteiger charge is -2.52. The molecular formula is C18H25NO4. The van der Waals surface area contributed by atoms with Crippen LogP contribution in [0.1, 0.15) is 43.7 Å².